The predicted octanol–water partition coefficient (Wildman–Crippen LogP) is 11.3. The van der Waals surface area contributed by atoms with Crippen LogP contribution < -0.4 is 16.0 Å². The van der Waals surface area contributed by atoms with Crippen LogP contribution in [0.25, 0.3) is 33.8 Å². The number of para-hydroxylation sites is 3. The van der Waals surface area contributed by atoms with Gasteiger partial charge in [-0.15, -0.1) is 0 Å². The molecule has 296 valence electrons. The van der Waals surface area contributed by atoms with Gasteiger partial charge in [-0.1, -0.05) is 127 Å². The van der Waals surface area contributed by atoms with Crippen molar-refractivity contribution in [3.05, 3.63) is 229 Å². The molecule has 5 aromatic carbocycles. The Morgan fingerprint density at radius 1 is 0.583 bits per heavy atom. The van der Waals surface area contributed by atoms with Crippen LogP contribution in [0.4, 0.5) is 11.4 Å². The number of fused-ring (bicyclic) bond motifs is 6. The zero-order chi connectivity index (χ0) is 40.9. The smallest absolute Gasteiger partial charge is 0.132 e. The lowest BCUT2D eigenvalue weighted by Gasteiger charge is -2.22. The molecule has 5 aliphatic heterocycles. The molecule has 12 rings (SSSR count). The fraction of sp³-hybridized carbons (Fsp3) is 0.0769. The molecule has 0 radical (unpaired) electrons. The molecule has 5 aliphatic rings. The first-order valence-electron chi connectivity index (χ1n) is 20.0. The number of nitrogens with one attached hydrogen (secondary N) is 3. The number of benzene rings is 5. The van der Waals surface area contributed by atoms with Gasteiger partial charge in [0.1, 0.15) is 5.84 Å². The first-order valence-corrected chi connectivity index (χ1v) is 20.0. The molecule has 0 unspecified atom stereocenters. The Morgan fingerprint density at radius 3 is 2.15 bits per heavy atom. The third-order valence-electron chi connectivity index (χ3n) is 9.58. The van der Waals surface area contributed by atoms with Crippen molar-refractivity contribution in [2.24, 2.45) is 9.98 Å². The molecule has 8 heteroatoms. The molecular weight excluding hydrogens is 737 g/mol. The summed E-state index contributed by atoms with van der Waals surface area (Å²) in [7, 11) is 0. The Hall–Kier alpha value is -7.84. The van der Waals surface area contributed by atoms with Gasteiger partial charge in [0.15, 0.2) is 0 Å². The Morgan fingerprint density at radius 2 is 1.33 bits per heavy atom. The minimum atomic E-state index is 0.809. The molecule has 3 N–H and O–H groups in total. The van der Waals surface area contributed by atoms with Gasteiger partial charge < -0.3 is 20.9 Å². The van der Waals surface area contributed by atoms with Crippen LogP contribution in [0.15, 0.2) is 217 Å². The molecule has 0 saturated heterocycles. The summed E-state index contributed by atoms with van der Waals surface area (Å²) >= 11 is 0. The molecule has 0 aliphatic carbocycles. The number of hydrogen-bond donors (Lipinski definition) is 3. The van der Waals surface area contributed by atoms with E-state index in [1.165, 1.54) is 49.8 Å². The highest BCUT2D eigenvalue weighted by molar-refractivity contribution is 5.95. The predicted molar refractivity (Wildman–Crippen MR) is 254 cm³/mol. The van der Waals surface area contributed by atoms with Crippen LogP contribution in [0.5, 0.6) is 0 Å². The average molecular weight is 785 g/mol. The molecule has 0 spiro atoms. The van der Waals surface area contributed by atoms with Crippen molar-refractivity contribution in [1.82, 2.24) is 20.2 Å². The van der Waals surface area contributed by atoms with E-state index in [0.29, 0.717) is 0 Å². The second-order valence-corrected chi connectivity index (χ2v) is 13.7. The van der Waals surface area contributed by atoms with Crippen LogP contribution >= 0.6 is 0 Å². The largest absolute Gasteiger partial charge is 0.387 e. The van der Waals surface area contributed by atoms with Crippen molar-refractivity contribution in [2.45, 2.75) is 13.1 Å². The number of allylic oxidation sites excluding steroid dienone is 2. The SMILES string of the molecule is C1=CC2=NC=CCN2C=C1.C1=Cc2ccccc2CN1.C1=Cc2ccccc2NC1.C1=NCc2ccccc2N1.c1ccc2cnccc2c1.c1ccc2ncccc2c1. The number of nitrogens with zero attached hydrogens (tertiary/aromatic N) is 5. The van der Waals surface area contributed by atoms with Crippen LogP contribution in [0.2, 0.25) is 0 Å². The molecular formula is C52H48N8. The van der Waals surface area contributed by atoms with Crippen molar-refractivity contribution in [3.8, 4) is 0 Å². The van der Waals surface area contributed by atoms with E-state index in [1.54, 1.807) is 6.34 Å². The zero-order valence-corrected chi connectivity index (χ0v) is 33.4. The van der Waals surface area contributed by atoms with E-state index in [-0.39, 0.29) is 0 Å². The summed E-state index contributed by atoms with van der Waals surface area (Å²) in [4.78, 5) is 18.5. The van der Waals surface area contributed by atoms with Crippen LogP contribution in [-0.2, 0) is 13.1 Å². The van der Waals surface area contributed by atoms with E-state index < -0.39 is 0 Å². The number of hydrogen-bond acceptors (Lipinski definition) is 8. The van der Waals surface area contributed by atoms with Gasteiger partial charge >= 0.3 is 0 Å². The van der Waals surface area contributed by atoms with E-state index in [9.17, 15) is 0 Å². The van der Waals surface area contributed by atoms with Crippen molar-refractivity contribution >= 4 is 57.4 Å². The highest BCUT2D eigenvalue weighted by atomic mass is 15.2. The second kappa shape index (κ2) is 22.2. The number of pyridine rings is 2. The average Bonchev–Trinajstić information content (AvgIpc) is 3.35. The van der Waals surface area contributed by atoms with E-state index >= 15 is 0 Å². The maximum absolute atomic E-state index is 4.18. The highest BCUT2D eigenvalue weighted by Crippen LogP contribution is 2.19. The third kappa shape index (κ3) is 12.1. The Balaban J connectivity index is 0.000000109. The molecule has 7 aromatic rings. The normalized spacial score (nSPS) is 13.8. The zero-order valence-electron chi connectivity index (χ0n) is 33.4. The van der Waals surface area contributed by atoms with Gasteiger partial charge in [-0.3, -0.25) is 15.0 Å². The number of anilines is 2. The maximum Gasteiger partial charge on any atom is 0.132 e. The number of aromatic nitrogens is 2. The molecule has 8 nitrogen and oxygen atoms in total. The van der Waals surface area contributed by atoms with Crippen LogP contribution in [0.1, 0.15) is 22.3 Å². The Kier molecular flexibility index (Phi) is 14.9. The summed E-state index contributed by atoms with van der Waals surface area (Å²) in [5.74, 6) is 1.03. The fourth-order valence-corrected chi connectivity index (χ4v) is 6.46. The molecule has 60 heavy (non-hydrogen) atoms. The number of amidine groups is 1. The summed E-state index contributed by atoms with van der Waals surface area (Å²) in [6, 6.07) is 47.2. The lowest BCUT2D eigenvalue weighted by molar-refractivity contribution is 0.614. The van der Waals surface area contributed by atoms with Crippen molar-refractivity contribution in [3.63, 3.8) is 0 Å². The lowest BCUT2D eigenvalue weighted by atomic mass is 10.1. The van der Waals surface area contributed by atoms with Crippen LogP contribution in [0.3, 0.4) is 0 Å². The molecule has 0 saturated carbocycles. The van der Waals surface area contributed by atoms with Gasteiger partial charge in [-0.05, 0) is 93.9 Å². The van der Waals surface area contributed by atoms with Crippen LogP contribution in [-0.4, -0.2) is 40.1 Å². The molecule has 0 amide bonds. The van der Waals surface area contributed by atoms with E-state index in [1.807, 2.05) is 122 Å². The fourth-order valence-electron chi connectivity index (χ4n) is 6.46. The summed E-state index contributed by atoms with van der Waals surface area (Å²) in [5, 5.41) is 13.2. The second-order valence-electron chi connectivity index (χ2n) is 13.7. The minimum Gasteiger partial charge on any atom is -0.387 e. The summed E-state index contributed by atoms with van der Waals surface area (Å²) in [6.45, 7) is 3.67. The van der Waals surface area contributed by atoms with Gasteiger partial charge in [-0.2, -0.15) is 0 Å². The van der Waals surface area contributed by atoms with Gasteiger partial charge in [0.25, 0.3) is 0 Å². The third-order valence-corrected chi connectivity index (χ3v) is 9.58. The van der Waals surface area contributed by atoms with Crippen molar-refractivity contribution < 1.29 is 0 Å². The van der Waals surface area contributed by atoms with Gasteiger partial charge in [0.05, 0.1) is 18.4 Å². The molecule has 2 aromatic heterocycles. The number of aliphatic imine (C=N–C) groups is 2. The van der Waals surface area contributed by atoms with Crippen LogP contribution in [0, 0.1) is 0 Å². The standard InChI is InChI=1S/C9H9N.C9H7N.C9H9N.C9H7N.2C8H8N2/c2*1-2-6-9-8(4-1)5-3-7-10-9;2*1-2-4-9-7-10-6-5-8(9)3-1;1-2-6-10-7-3-5-9-8(10)4-1;1-2-4-8-7(3-1)5-9-6-10-8/h1-6,10H,7H2;1-7H;1-6,10H,7H2;1-7H;1-6H,7H2;1-4,6H,5H2,(H,9,10). The van der Waals surface area contributed by atoms with E-state index in [2.05, 4.69) is 138 Å². The molecule has 0 atom stereocenters. The first kappa shape index (κ1) is 40.4. The topological polar surface area (TPSA) is 89.8 Å². The Labute approximate surface area is 352 Å². The monoisotopic (exact) mass is 784 g/mol. The lowest BCUT2D eigenvalue weighted by Crippen LogP contribution is -2.27. The van der Waals surface area contributed by atoms with Crippen molar-refractivity contribution in [2.75, 3.05) is 23.7 Å². The molecule has 0 fully saturated rings. The van der Waals surface area contributed by atoms with Gasteiger partial charge in [0, 0.05) is 67.4 Å². The molecule has 7 heterocycles. The number of rotatable bonds is 0. The highest BCUT2D eigenvalue weighted by Gasteiger charge is 2.07. The quantitative estimate of drug-likeness (QED) is 0.142. The van der Waals surface area contributed by atoms with E-state index in [4.69, 9.17) is 0 Å². The van der Waals surface area contributed by atoms with Gasteiger partial charge in [0.2, 0.25) is 0 Å². The maximum atomic E-state index is 4.18. The molecule has 0 bridgehead atoms. The summed E-state index contributed by atoms with van der Waals surface area (Å²) in [6.07, 6.45) is 27.5. The van der Waals surface area contributed by atoms with Crippen molar-refractivity contribution in [1.29, 1.82) is 0 Å². The minimum absolute atomic E-state index is 0.809. The summed E-state index contributed by atoms with van der Waals surface area (Å²) < 4.78 is 0. The Bertz CT molecular complexity index is 2380. The summed E-state index contributed by atoms with van der Waals surface area (Å²) in [5.41, 5.74) is 8.75. The van der Waals surface area contributed by atoms with Gasteiger partial charge in [-0.25, -0.2) is 4.99 Å². The van der Waals surface area contributed by atoms with E-state index in [0.717, 1.165) is 37.5 Å². The first-order chi connectivity index (χ1) is 29.8.